The van der Waals surface area contributed by atoms with Crippen molar-refractivity contribution in [3.63, 3.8) is 0 Å². The number of rotatable bonds is 4. The Morgan fingerprint density at radius 3 is 2.83 bits per heavy atom. The van der Waals surface area contributed by atoms with E-state index in [2.05, 4.69) is 19.7 Å². The third kappa shape index (κ3) is 2.73. The first-order valence-electron chi connectivity index (χ1n) is 6.50. The van der Waals surface area contributed by atoms with Gasteiger partial charge >= 0.3 is 0 Å². The molecule has 2 heterocycles. The molecule has 0 spiro atoms. The SMILES string of the molecule is COc1ccc(NC(=O)c2snc3c(=O)[nH]cnc23)c(OC)c1. The molecule has 1 aromatic carbocycles. The smallest absolute Gasteiger partial charge is 0.278 e. The average molecular weight is 332 g/mol. The van der Waals surface area contributed by atoms with Gasteiger partial charge in [0.2, 0.25) is 0 Å². The number of aromatic nitrogens is 3. The fourth-order valence-electron chi connectivity index (χ4n) is 2.01. The largest absolute Gasteiger partial charge is 0.497 e. The molecule has 0 fully saturated rings. The molecule has 3 aromatic rings. The van der Waals surface area contributed by atoms with Crippen molar-refractivity contribution in [1.29, 1.82) is 0 Å². The third-order valence-electron chi connectivity index (χ3n) is 3.14. The molecule has 0 atom stereocenters. The molecule has 0 aliphatic heterocycles. The van der Waals surface area contributed by atoms with E-state index in [0.717, 1.165) is 11.5 Å². The molecule has 23 heavy (non-hydrogen) atoms. The van der Waals surface area contributed by atoms with Gasteiger partial charge in [0.05, 0.1) is 26.2 Å². The number of H-pyrrole nitrogens is 1. The van der Waals surface area contributed by atoms with Crippen LogP contribution in [0.15, 0.2) is 29.3 Å². The molecule has 0 unspecified atom stereocenters. The molecule has 1 amide bonds. The number of hydrogen-bond donors (Lipinski definition) is 2. The van der Waals surface area contributed by atoms with Gasteiger partial charge in [-0.15, -0.1) is 0 Å². The molecular weight excluding hydrogens is 320 g/mol. The summed E-state index contributed by atoms with van der Waals surface area (Å²) in [6, 6.07) is 5.02. The third-order valence-corrected chi connectivity index (χ3v) is 3.97. The molecule has 2 aromatic heterocycles. The Labute approximate surface area is 134 Å². The van der Waals surface area contributed by atoms with Crippen molar-refractivity contribution in [2.45, 2.75) is 0 Å². The summed E-state index contributed by atoms with van der Waals surface area (Å²) in [7, 11) is 3.04. The number of carbonyl (C=O) groups excluding carboxylic acids is 1. The maximum atomic E-state index is 12.4. The quantitative estimate of drug-likeness (QED) is 0.752. The van der Waals surface area contributed by atoms with Crippen LogP contribution >= 0.6 is 11.5 Å². The number of ether oxygens (including phenoxy) is 2. The van der Waals surface area contributed by atoms with Gasteiger partial charge in [0.1, 0.15) is 21.9 Å². The summed E-state index contributed by atoms with van der Waals surface area (Å²) in [5.41, 5.74) is 0.505. The number of benzene rings is 1. The van der Waals surface area contributed by atoms with Gasteiger partial charge in [-0.1, -0.05) is 0 Å². The normalized spacial score (nSPS) is 10.5. The van der Waals surface area contributed by atoms with Crippen LogP contribution in [0.1, 0.15) is 9.67 Å². The molecular formula is C14H12N4O4S. The molecule has 0 saturated heterocycles. The van der Waals surface area contributed by atoms with Gasteiger partial charge in [-0.25, -0.2) is 4.98 Å². The van der Waals surface area contributed by atoms with Gasteiger partial charge in [0.15, 0.2) is 5.52 Å². The molecule has 9 heteroatoms. The number of amides is 1. The molecule has 8 nitrogen and oxygen atoms in total. The lowest BCUT2D eigenvalue weighted by Crippen LogP contribution is -2.13. The maximum absolute atomic E-state index is 12.4. The van der Waals surface area contributed by atoms with Crippen LogP contribution in [-0.2, 0) is 0 Å². The fourth-order valence-corrected chi connectivity index (χ4v) is 2.73. The van der Waals surface area contributed by atoms with E-state index in [1.807, 2.05) is 0 Å². The zero-order valence-electron chi connectivity index (χ0n) is 12.2. The van der Waals surface area contributed by atoms with Crippen molar-refractivity contribution >= 4 is 34.2 Å². The van der Waals surface area contributed by atoms with Crippen molar-refractivity contribution in [3.8, 4) is 11.5 Å². The number of nitrogens with one attached hydrogen (secondary N) is 2. The highest BCUT2D eigenvalue weighted by Gasteiger charge is 2.18. The molecule has 0 aliphatic rings. The zero-order valence-corrected chi connectivity index (χ0v) is 13.1. The van der Waals surface area contributed by atoms with Crippen molar-refractivity contribution in [3.05, 3.63) is 39.8 Å². The molecule has 0 saturated carbocycles. The highest BCUT2D eigenvalue weighted by Crippen LogP contribution is 2.30. The first-order chi connectivity index (χ1) is 11.1. The fraction of sp³-hybridized carbons (Fsp3) is 0.143. The minimum absolute atomic E-state index is 0.143. The van der Waals surface area contributed by atoms with Gasteiger partial charge in [0.25, 0.3) is 11.5 Å². The lowest BCUT2D eigenvalue weighted by molar-refractivity contribution is 0.103. The van der Waals surface area contributed by atoms with Crippen molar-refractivity contribution in [2.24, 2.45) is 0 Å². The first-order valence-corrected chi connectivity index (χ1v) is 7.28. The lowest BCUT2D eigenvalue weighted by Gasteiger charge is -2.10. The number of nitrogens with zero attached hydrogens (tertiary/aromatic N) is 2. The van der Waals surface area contributed by atoms with Gasteiger partial charge in [-0.3, -0.25) is 9.59 Å². The number of anilines is 1. The Hall–Kier alpha value is -2.94. The van der Waals surface area contributed by atoms with Crippen LogP contribution in [0.5, 0.6) is 11.5 Å². The lowest BCUT2D eigenvalue weighted by atomic mass is 10.2. The summed E-state index contributed by atoms with van der Waals surface area (Å²) in [5, 5.41) is 2.73. The van der Waals surface area contributed by atoms with Gasteiger partial charge in [0, 0.05) is 6.07 Å². The van der Waals surface area contributed by atoms with Crippen molar-refractivity contribution in [1.82, 2.24) is 14.3 Å². The molecule has 3 rings (SSSR count). The van der Waals surface area contributed by atoms with E-state index in [4.69, 9.17) is 9.47 Å². The monoisotopic (exact) mass is 332 g/mol. The summed E-state index contributed by atoms with van der Waals surface area (Å²) >= 11 is 0.915. The Bertz CT molecular complexity index is 934. The zero-order chi connectivity index (χ0) is 16.4. The van der Waals surface area contributed by atoms with Crippen LogP contribution in [0.3, 0.4) is 0 Å². The molecule has 118 valence electrons. The first kappa shape index (κ1) is 15.0. The molecule has 0 aliphatic carbocycles. The van der Waals surface area contributed by atoms with E-state index in [1.54, 1.807) is 25.3 Å². The van der Waals surface area contributed by atoms with E-state index in [9.17, 15) is 9.59 Å². The Balaban J connectivity index is 1.95. The molecule has 0 radical (unpaired) electrons. The van der Waals surface area contributed by atoms with Crippen LogP contribution in [0.2, 0.25) is 0 Å². The predicted molar refractivity (Wildman–Crippen MR) is 85.5 cm³/mol. The Morgan fingerprint density at radius 2 is 2.09 bits per heavy atom. The van der Waals surface area contributed by atoms with Crippen LogP contribution in [-0.4, -0.2) is 34.5 Å². The van der Waals surface area contributed by atoms with Crippen LogP contribution in [0.25, 0.3) is 11.0 Å². The number of carbonyl (C=O) groups is 1. The van der Waals surface area contributed by atoms with E-state index in [0.29, 0.717) is 17.2 Å². The van der Waals surface area contributed by atoms with Crippen molar-refractivity contribution < 1.29 is 14.3 Å². The summed E-state index contributed by atoms with van der Waals surface area (Å²) in [6.45, 7) is 0. The van der Waals surface area contributed by atoms with Gasteiger partial charge in [-0.05, 0) is 23.7 Å². The van der Waals surface area contributed by atoms with Gasteiger partial charge < -0.3 is 19.8 Å². The van der Waals surface area contributed by atoms with E-state index in [1.165, 1.54) is 13.4 Å². The standard InChI is InChI=1S/C14H12N4O4S/c1-21-7-3-4-8(9(5-7)22-2)17-14(20)12-10-11(18-23-12)13(19)16-6-15-10/h3-6H,1-2H3,(H,17,20)(H,15,16,19). The van der Waals surface area contributed by atoms with Crippen LogP contribution in [0, 0.1) is 0 Å². The number of fused-ring (bicyclic) bond motifs is 1. The summed E-state index contributed by atoms with van der Waals surface area (Å²) in [5.74, 6) is 0.646. The highest BCUT2D eigenvalue weighted by atomic mass is 32.1. The minimum Gasteiger partial charge on any atom is -0.497 e. The second-order valence-corrected chi connectivity index (χ2v) is 5.23. The maximum Gasteiger partial charge on any atom is 0.278 e. The highest BCUT2D eigenvalue weighted by molar-refractivity contribution is 7.09. The second-order valence-electron chi connectivity index (χ2n) is 4.46. The van der Waals surface area contributed by atoms with E-state index < -0.39 is 5.91 Å². The summed E-state index contributed by atoms with van der Waals surface area (Å²) in [4.78, 5) is 30.8. The topological polar surface area (TPSA) is 106 Å². The van der Waals surface area contributed by atoms with Crippen molar-refractivity contribution in [2.75, 3.05) is 19.5 Å². The Kier molecular flexibility index (Phi) is 3.94. The second kappa shape index (κ2) is 6.05. The van der Waals surface area contributed by atoms with E-state index >= 15 is 0 Å². The molecule has 2 N–H and O–H groups in total. The minimum atomic E-state index is -0.418. The summed E-state index contributed by atoms with van der Waals surface area (Å²) < 4.78 is 14.3. The van der Waals surface area contributed by atoms with Gasteiger partial charge in [-0.2, -0.15) is 4.37 Å². The molecule has 0 bridgehead atoms. The van der Waals surface area contributed by atoms with Crippen LogP contribution in [0.4, 0.5) is 5.69 Å². The summed E-state index contributed by atoms with van der Waals surface area (Å²) in [6.07, 6.45) is 1.24. The number of hydrogen-bond acceptors (Lipinski definition) is 7. The van der Waals surface area contributed by atoms with E-state index in [-0.39, 0.29) is 21.5 Å². The number of methoxy groups -OCH3 is 2. The number of aromatic amines is 1. The van der Waals surface area contributed by atoms with Crippen LogP contribution < -0.4 is 20.3 Å². The average Bonchev–Trinajstić information content (AvgIpc) is 3.00. The Morgan fingerprint density at radius 1 is 1.26 bits per heavy atom. The predicted octanol–water partition coefficient (Wildman–Crippen LogP) is 1.65.